The van der Waals surface area contributed by atoms with Crippen LogP contribution in [0.25, 0.3) is 0 Å². The molecule has 1 saturated carbocycles. The average Bonchev–Trinajstić information content (AvgIpc) is 2.76. The Balaban J connectivity index is 0.00000289. The summed E-state index contributed by atoms with van der Waals surface area (Å²) in [4.78, 5) is 11.7. The number of carbonyl (C=O) groups excluding carboxylic acids is 1. The molecule has 5 heteroatoms. The van der Waals surface area contributed by atoms with Crippen LogP contribution in [0.15, 0.2) is 0 Å². The van der Waals surface area contributed by atoms with Crippen LogP contribution in [0.3, 0.4) is 0 Å². The fourth-order valence-electron chi connectivity index (χ4n) is 2.73. The summed E-state index contributed by atoms with van der Waals surface area (Å²) in [5, 5.41) is 12.1. The lowest BCUT2D eigenvalue weighted by atomic mass is 9.83. The van der Waals surface area contributed by atoms with Crippen molar-refractivity contribution in [2.75, 3.05) is 13.2 Å². The van der Waals surface area contributed by atoms with Gasteiger partial charge in [0.05, 0.1) is 6.04 Å². The molecule has 1 aliphatic carbocycles. The fraction of sp³-hybridized carbons (Fsp3) is 0.923. The van der Waals surface area contributed by atoms with Gasteiger partial charge in [0.25, 0.3) is 0 Å². The van der Waals surface area contributed by atoms with Crippen molar-refractivity contribution in [3.8, 4) is 0 Å². The number of aliphatic hydroxyl groups excluding tert-OH is 1. The Morgan fingerprint density at radius 3 is 2.56 bits per heavy atom. The van der Waals surface area contributed by atoms with Crippen molar-refractivity contribution in [1.29, 1.82) is 0 Å². The summed E-state index contributed by atoms with van der Waals surface area (Å²) in [5.74, 6) is -0.0453. The molecule has 0 radical (unpaired) electrons. The van der Waals surface area contributed by atoms with Gasteiger partial charge in [0.15, 0.2) is 0 Å². The lowest BCUT2D eigenvalue weighted by Crippen LogP contribution is -2.45. The van der Waals surface area contributed by atoms with Crippen LogP contribution in [0.4, 0.5) is 0 Å². The molecule has 1 amide bonds. The molecule has 0 saturated heterocycles. The van der Waals surface area contributed by atoms with Crippen molar-refractivity contribution in [3.63, 3.8) is 0 Å². The van der Waals surface area contributed by atoms with Gasteiger partial charge in [0, 0.05) is 13.2 Å². The van der Waals surface area contributed by atoms with E-state index in [1.807, 2.05) is 6.92 Å². The highest BCUT2D eigenvalue weighted by molar-refractivity contribution is 5.85. The minimum atomic E-state index is -0.382. The summed E-state index contributed by atoms with van der Waals surface area (Å²) in [6, 6.07) is -0.382. The summed E-state index contributed by atoms with van der Waals surface area (Å²) in [6.07, 6.45) is 7.08. The zero-order valence-corrected chi connectivity index (χ0v) is 12.1. The summed E-state index contributed by atoms with van der Waals surface area (Å²) >= 11 is 0. The third-order valence-corrected chi connectivity index (χ3v) is 3.88. The van der Waals surface area contributed by atoms with Crippen LogP contribution in [0.5, 0.6) is 0 Å². The number of rotatable bonds is 7. The van der Waals surface area contributed by atoms with E-state index >= 15 is 0 Å². The predicted molar refractivity (Wildman–Crippen MR) is 75.7 cm³/mol. The number of aliphatic hydroxyl groups is 1. The topological polar surface area (TPSA) is 75.4 Å². The average molecular weight is 279 g/mol. The summed E-state index contributed by atoms with van der Waals surface area (Å²) < 4.78 is 0. The molecule has 0 aromatic rings. The van der Waals surface area contributed by atoms with Gasteiger partial charge in [-0.3, -0.25) is 4.79 Å². The van der Waals surface area contributed by atoms with Gasteiger partial charge in [-0.05, 0) is 31.1 Å². The fourth-order valence-corrected chi connectivity index (χ4v) is 2.73. The third-order valence-electron chi connectivity index (χ3n) is 3.88. The van der Waals surface area contributed by atoms with Crippen LogP contribution in [0.2, 0.25) is 0 Å². The van der Waals surface area contributed by atoms with Crippen LogP contribution >= 0.6 is 12.4 Å². The molecule has 1 atom stereocenters. The Labute approximate surface area is 116 Å². The SMILES string of the molecule is CCCC(N)C(=O)NCC1(CCO)CCCC1.Cl. The molecule has 4 nitrogen and oxygen atoms in total. The zero-order chi connectivity index (χ0) is 12.7. The zero-order valence-electron chi connectivity index (χ0n) is 11.3. The second-order valence-electron chi connectivity index (χ2n) is 5.29. The maximum Gasteiger partial charge on any atom is 0.236 e. The van der Waals surface area contributed by atoms with E-state index in [4.69, 9.17) is 10.8 Å². The van der Waals surface area contributed by atoms with Crippen LogP contribution in [0.1, 0.15) is 51.9 Å². The van der Waals surface area contributed by atoms with Gasteiger partial charge in [-0.2, -0.15) is 0 Å². The standard InChI is InChI=1S/C13H26N2O2.ClH/c1-2-5-11(14)12(17)15-10-13(8-9-16)6-3-4-7-13;/h11,16H,2-10,14H2,1H3,(H,15,17);1H. The molecule has 0 spiro atoms. The largest absolute Gasteiger partial charge is 0.396 e. The Morgan fingerprint density at radius 1 is 1.44 bits per heavy atom. The van der Waals surface area contributed by atoms with Gasteiger partial charge in [-0.1, -0.05) is 26.2 Å². The second kappa shape index (κ2) is 8.73. The highest BCUT2D eigenvalue weighted by Gasteiger charge is 2.33. The van der Waals surface area contributed by atoms with Crippen LogP contribution in [0, 0.1) is 5.41 Å². The molecule has 4 N–H and O–H groups in total. The molecule has 0 heterocycles. The number of nitrogens with two attached hydrogens (primary N) is 1. The number of carbonyl (C=O) groups is 1. The molecule has 18 heavy (non-hydrogen) atoms. The molecule has 1 fully saturated rings. The quantitative estimate of drug-likeness (QED) is 0.662. The van der Waals surface area contributed by atoms with Crippen molar-refractivity contribution in [2.24, 2.45) is 11.1 Å². The van der Waals surface area contributed by atoms with Gasteiger partial charge in [0.2, 0.25) is 5.91 Å². The molecule has 0 aliphatic heterocycles. The van der Waals surface area contributed by atoms with E-state index in [0.717, 1.165) is 32.1 Å². The van der Waals surface area contributed by atoms with E-state index in [2.05, 4.69) is 5.32 Å². The van der Waals surface area contributed by atoms with Crippen molar-refractivity contribution in [1.82, 2.24) is 5.32 Å². The monoisotopic (exact) mass is 278 g/mol. The molecule has 1 unspecified atom stereocenters. The second-order valence-corrected chi connectivity index (χ2v) is 5.29. The first kappa shape index (κ1) is 17.7. The Hall–Kier alpha value is -0.320. The number of amides is 1. The van der Waals surface area contributed by atoms with Crippen molar-refractivity contribution < 1.29 is 9.90 Å². The normalized spacial score (nSPS) is 19.1. The van der Waals surface area contributed by atoms with E-state index in [-0.39, 0.29) is 36.4 Å². The summed E-state index contributed by atoms with van der Waals surface area (Å²) in [5.41, 5.74) is 5.89. The number of hydrogen-bond donors (Lipinski definition) is 3. The molecule has 1 aliphatic rings. The molecular formula is C13H27ClN2O2. The highest BCUT2D eigenvalue weighted by Crippen LogP contribution is 2.40. The van der Waals surface area contributed by atoms with Crippen molar-refractivity contribution in [2.45, 2.75) is 57.9 Å². The molecule has 108 valence electrons. The lowest BCUT2D eigenvalue weighted by Gasteiger charge is -2.29. The van der Waals surface area contributed by atoms with E-state index in [0.29, 0.717) is 6.54 Å². The predicted octanol–water partition coefficient (Wildman–Crippen LogP) is 1.59. The minimum Gasteiger partial charge on any atom is -0.396 e. The number of hydrogen-bond acceptors (Lipinski definition) is 3. The van der Waals surface area contributed by atoms with E-state index in [9.17, 15) is 4.79 Å². The smallest absolute Gasteiger partial charge is 0.236 e. The first-order chi connectivity index (χ1) is 8.13. The maximum absolute atomic E-state index is 11.7. The van der Waals surface area contributed by atoms with Gasteiger partial charge in [0.1, 0.15) is 0 Å². The first-order valence-corrected chi connectivity index (χ1v) is 6.78. The van der Waals surface area contributed by atoms with Gasteiger partial charge in [-0.15, -0.1) is 12.4 Å². The lowest BCUT2D eigenvalue weighted by molar-refractivity contribution is -0.123. The molecule has 1 rings (SSSR count). The first-order valence-electron chi connectivity index (χ1n) is 6.78. The summed E-state index contributed by atoms with van der Waals surface area (Å²) in [6.45, 7) is 2.90. The van der Waals surface area contributed by atoms with Gasteiger partial charge in [-0.25, -0.2) is 0 Å². The number of halogens is 1. The third kappa shape index (κ3) is 5.12. The van der Waals surface area contributed by atoms with Crippen LogP contribution in [-0.4, -0.2) is 30.2 Å². The number of nitrogens with one attached hydrogen (secondary N) is 1. The van der Waals surface area contributed by atoms with Gasteiger partial charge < -0.3 is 16.2 Å². The molecule has 0 bridgehead atoms. The van der Waals surface area contributed by atoms with Crippen LogP contribution in [-0.2, 0) is 4.79 Å². The highest BCUT2D eigenvalue weighted by atomic mass is 35.5. The maximum atomic E-state index is 11.7. The van der Waals surface area contributed by atoms with Crippen molar-refractivity contribution in [3.05, 3.63) is 0 Å². The Kier molecular flexibility index (Phi) is 8.57. The van der Waals surface area contributed by atoms with E-state index in [1.54, 1.807) is 0 Å². The van der Waals surface area contributed by atoms with Gasteiger partial charge >= 0.3 is 0 Å². The molecule has 0 aromatic carbocycles. The van der Waals surface area contributed by atoms with Crippen LogP contribution < -0.4 is 11.1 Å². The molecule has 0 aromatic heterocycles. The summed E-state index contributed by atoms with van der Waals surface area (Å²) in [7, 11) is 0. The van der Waals surface area contributed by atoms with E-state index in [1.165, 1.54) is 12.8 Å². The molecular weight excluding hydrogens is 252 g/mol. The Bertz CT molecular complexity index is 243. The Morgan fingerprint density at radius 2 is 2.06 bits per heavy atom. The van der Waals surface area contributed by atoms with Crippen molar-refractivity contribution >= 4 is 18.3 Å². The minimum absolute atomic E-state index is 0. The van der Waals surface area contributed by atoms with E-state index < -0.39 is 0 Å².